The van der Waals surface area contributed by atoms with Crippen LogP contribution in [0, 0.1) is 6.92 Å². The van der Waals surface area contributed by atoms with Crippen LogP contribution in [0.5, 0.6) is 0 Å². The number of pyridine rings is 1. The maximum absolute atomic E-state index is 13.3. The predicted molar refractivity (Wildman–Crippen MR) is 94.8 cm³/mol. The molecule has 1 aromatic carbocycles. The van der Waals surface area contributed by atoms with Crippen LogP contribution in [0.4, 0.5) is 8.78 Å². The average Bonchev–Trinajstić information content (AvgIpc) is 2.57. The van der Waals surface area contributed by atoms with Gasteiger partial charge in [0.25, 0.3) is 17.4 Å². The van der Waals surface area contributed by atoms with Crippen molar-refractivity contribution in [2.24, 2.45) is 0 Å². The van der Waals surface area contributed by atoms with E-state index in [1.165, 1.54) is 4.90 Å². The molecule has 0 fully saturated rings. The molecule has 2 aromatic rings. The van der Waals surface area contributed by atoms with Crippen LogP contribution in [-0.2, 0) is 17.3 Å². The number of carboxylic acids is 1. The van der Waals surface area contributed by atoms with Gasteiger partial charge in [-0.2, -0.15) is 0 Å². The number of aliphatic carboxylic acids is 1. The summed E-state index contributed by atoms with van der Waals surface area (Å²) in [5, 5.41) is 8.92. The average molecular weight is 378 g/mol. The Kier molecular flexibility index (Phi) is 6.09. The summed E-state index contributed by atoms with van der Waals surface area (Å²) in [4.78, 5) is 39.0. The summed E-state index contributed by atoms with van der Waals surface area (Å²) < 4.78 is 26.7. The molecule has 144 valence electrons. The number of amides is 1. The molecule has 0 spiro atoms. The predicted octanol–water partition coefficient (Wildman–Crippen LogP) is 2.91. The number of nitrogens with one attached hydrogen (secondary N) is 1. The zero-order valence-electron chi connectivity index (χ0n) is 15.0. The van der Waals surface area contributed by atoms with Crippen LogP contribution in [0.3, 0.4) is 0 Å². The molecule has 1 aromatic heterocycles. The van der Waals surface area contributed by atoms with Crippen molar-refractivity contribution in [3.05, 3.63) is 69.1 Å². The van der Waals surface area contributed by atoms with Crippen molar-refractivity contribution in [3.63, 3.8) is 0 Å². The summed E-state index contributed by atoms with van der Waals surface area (Å²) in [6.07, 6.45) is -0.305. The SMILES string of the molecule is Cc1cccc(CN(CCC(=O)O)C(=O)c2ccc(C(C)(F)F)[nH]c2=O)c1. The van der Waals surface area contributed by atoms with Crippen molar-refractivity contribution in [1.82, 2.24) is 9.88 Å². The lowest BCUT2D eigenvalue weighted by atomic mass is 10.1. The number of alkyl halides is 2. The summed E-state index contributed by atoms with van der Waals surface area (Å²) in [6.45, 7) is 2.49. The number of aromatic amines is 1. The number of halogens is 2. The lowest BCUT2D eigenvalue weighted by Gasteiger charge is -2.22. The fraction of sp³-hybridized carbons (Fsp3) is 0.316. The highest BCUT2D eigenvalue weighted by Crippen LogP contribution is 2.24. The highest BCUT2D eigenvalue weighted by Gasteiger charge is 2.27. The van der Waals surface area contributed by atoms with Gasteiger partial charge in [0.1, 0.15) is 5.56 Å². The normalized spacial score (nSPS) is 11.3. The Morgan fingerprint density at radius 3 is 2.48 bits per heavy atom. The van der Waals surface area contributed by atoms with Crippen LogP contribution >= 0.6 is 0 Å². The van der Waals surface area contributed by atoms with Crippen molar-refractivity contribution >= 4 is 11.9 Å². The smallest absolute Gasteiger partial charge is 0.305 e. The second kappa shape index (κ2) is 8.11. The quantitative estimate of drug-likeness (QED) is 0.775. The number of carbonyl (C=O) groups excluding carboxylic acids is 1. The van der Waals surface area contributed by atoms with Gasteiger partial charge in [0, 0.05) is 20.0 Å². The van der Waals surface area contributed by atoms with Gasteiger partial charge in [0.2, 0.25) is 0 Å². The third-order valence-corrected chi connectivity index (χ3v) is 3.95. The van der Waals surface area contributed by atoms with Gasteiger partial charge in [-0.1, -0.05) is 29.8 Å². The van der Waals surface area contributed by atoms with E-state index in [0.29, 0.717) is 6.92 Å². The van der Waals surface area contributed by atoms with Crippen molar-refractivity contribution < 1.29 is 23.5 Å². The highest BCUT2D eigenvalue weighted by atomic mass is 19.3. The lowest BCUT2D eigenvalue weighted by Crippen LogP contribution is -2.36. The van der Waals surface area contributed by atoms with E-state index in [-0.39, 0.29) is 25.1 Å². The van der Waals surface area contributed by atoms with E-state index in [4.69, 9.17) is 5.11 Å². The third-order valence-electron chi connectivity index (χ3n) is 3.95. The van der Waals surface area contributed by atoms with Gasteiger partial charge in [0.05, 0.1) is 12.1 Å². The monoisotopic (exact) mass is 378 g/mol. The van der Waals surface area contributed by atoms with Crippen LogP contribution in [0.2, 0.25) is 0 Å². The summed E-state index contributed by atoms with van der Waals surface area (Å²) in [5.41, 5.74) is -0.128. The van der Waals surface area contributed by atoms with Crippen molar-refractivity contribution in [2.75, 3.05) is 6.54 Å². The first-order chi connectivity index (χ1) is 12.6. The van der Waals surface area contributed by atoms with E-state index in [2.05, 4.69) is 0 Å². The molecule has 1 heterocycles. The van der Waals surface area contributed by atoms with Crippen molar-refractivity contribution in [2.45, 2.75) is 32.7 Å². The maximum atomic E-state index is 13.3. The first-order valence-corrected chi connectivity index (χ1v) is 8.26. The van der Waals surface area contributed by atoms with Crippen molar-refractivity contribution in [1.29, 1.82) is 0 Å². The van der Waals surface area contributed by atoms with Crippen LogP contribution in [-0.4, -0.2) is 33.4 Å². The first kappa shape index (κ1) is 20.3. The number of hydrogen-bond acceptors (Lipinski definition) is 3. The van der Waals surface area contributed by atoms with E-state index in [9.17, 15) is 23.2 Å². The molecule has 0 aliphatic heterocycles. The summed E-state index contributed by atoms with van der Waals surface area (Å²) in [7, 11) is 0. The largest absolute Gasteiger partial charge is 0.481 e. The number of hydrogen-bond donors (Lipinski definition) is 2. The minimum atomic E-state index is -3.24. The molecular weight excluding hydrogens is 358 g/mol. The number of carboxylic acid groups (broad SMARTS) is 1. The Bertz CT molecular complexity index is 903. The fourth-order valence-corrected chi connectivity index (χ4v) is 2.58. The molecule has 8 heteroatoms. The van der Waals surface area contributed by atoms with E-state index in [1.807, 2.05) is 24.0 Å². The second-order valence-corrected chi connectivity index (χ2v) is 6.36. The van der Waals surface area contributed by atoms with Crippen LogP contribution in [0.25, 0.3) is 0 Å². The van der Waals surface area contributed by atoms with Crippen molar-refractivity contribution in [3.8, 4) is 0 Å². The molecule has 6 nitrogen and oxygen atoms in total. The second-order valence-electron chi connectivity index (χ2n) is 6.36. The maximum Gasteiger partial charge on any atom is 0.305 e. The minimum Gasteiger partial charge on any atom is -0.481 e. The summed E-state index contributed by atoms with van der Waals surface area (Å²) in [5.74, 6) is -5.05. The zero-order valence-corrected chi connectivity index (χ0v) is 15.0. The summed E-state index contributed by atoms with van der Waals surface area (Å²) in [6, 6.07) is 9.32. The molecule has 27 heavy (non-hydrogen) atoms. The number of H-pyrrole nitrogens is 1. The Labute approximate surface area is 154 Å². The van der Waals surface area contributed by atoms with Gasteiger partial charge in [-0.25, -0.2) is 8.78 Å². The molecular formula is C19H20F2N2O4. The molecule has 0 unspecified atom stereocenters. The van der Waals surface area contributed by atoms with Crippen LogP contribution in [0.15, 0.2) is 41.2 Å². The number of benzene rings is 1. The van der Waals surface area contributed by atoms with Crippen LogP contribution in [0.1, 0.15) is 40.5 Å². The van der Waals surface area contributed by atoms with E-state index >= 15 is 0 Å². The molecule has 2 rings (SSSR count). The van der Waals surface area contributed by atoms with Gasteiger partial charge < -0.3 is 15.0 Å². The Balaban J connectivity index is 2.32. The van der Waals surface area contributed by atoms with Gasteiger partial charge >= 0.3 is 5.97 Å². The van der Waals surface area contributed by atoms with Gasteiger partial charge in [0.15, 0.2) is 0 Å². The molecule has 0 saturated carbocycles. The number of carbonyl (C=O) groups is 2. The standard InChI is InChI=1S/C19H20F2N2O4/c1-12-4-3-5-13(10-12)11-23(9-8-16(24)25)18(27)14-6-7-15(19(2,20)21)22-17(14)26/h3-7,10H,8-9,11H2,1-2H3,(H,22,26)(H,24,25). The lowest BCUT2D eigenvalue weighted by molar-refractivity contribution is -0.137. The topological polar surface area (TPSA) is 90.5 Å². The van der Waals surface area contributed by atoms with E-state index < -0.39 is 29.1 Å². The molecule has 0 radical (unpaired) electrons. The van der Waals surface area contributed by atoms with E-state index in [0.717, 1.165) is 23.3 Å². The Hall–Kier alpha value is -3.03. The molecule has 1 amide bonds. The third kappa shape index (κ3) is 5.47. The van der Waals surface area contributed by atoms with Gasteiger partial charge in [-0.3, -0.25) is 14.4 Å². The molecule has 0 saturated heterocycles. The highest BCUT2D eigenvalue weighted by molar-refractivity contribution is 5.94. The number of aryl methyl sites for hydroxylation is 1. The number of nitrogens with zero attached hydrogens (tertiary/aromatic N) is 1. The Morgan fingerprint density at radius 1 is 1.22 bits per heavy atom. The fourth-order valence-electron chi connectivity index (χ4n) is 2.58. The van der Waals surface area contributed by atoms with Crippen LogP contribution < -0.4 is 5.56 Å². The number of rotatable bonds is 7. The van der Waals surface area contributed by atoms with E-state index in [1.54, 1.807) is 12.1 Å². The molecule has 0 bridgehead atoms. The Morgan fingerprint density at radius 2 is 1.93 bits per heavy atom. The molecule has 2 N–H and O–H groups in total. The first-order valence-electron chi connectivity index (χ1n) is 8.26. The van der Waals surface area contributed by atoms with Gasteiger partial charge in [-0.05, 0) is 24.6 Å². The zero-order chi connectivity index (χ0) is 20.2. The number of aromatic nitrogens is 1. The molecule has 0 aliphatic rings. The molecule has 0 aliphatic carbocycles. The minimum absolute atomic E-state index is 0.0962. The van der Waals surface area contributed by atoms with Gasteiger partial charge in [-0.15, -0.1) is 0 Å². The molecule has 0 atom stereocenters. The summed E-state index contributed by atoms with van der Waals surface area (Å²) >= 11 is 0.